The molecular weight excluding hydrogens is 318 g/mol. The SMILES string of the molecule is Cc1nc(CN2CCN(C(=O)C(C)(C)c3ccccc3)CC2)cs1. The molecule has 0 unspecified atom stereocenters. The number of amides is 1. The first-order chi connectivity index (χ1) is 11.5. The minimum atomic E-state index is -0.477. The maximum absolute atomic E-state index is 13.0. The van der Waals surface area contributed by atoms with Gasteiger partial charge in [0.2, 0.25) is 5.91 Å². The summed E-state index contributed by atoms with van der Waals surface area (Å²) in [5.74, 6) is 0.220. The van der Waals surface area contributed by atoms with Crippen LogP contribution in [0.1, 0.15) is 30.1 Å². The van der Waals surface area contributed by atoms with E-state index in [4.69, 9.17) is 0 Å². The molecule has 0 N–H and O–H groups in total. The van der Waals surface area contributed by atoms with Gasteiger partial charge in [-0.2, -0.15) is 0 Å². The standard InChI is InChI=1S/C19H25N3OS/c1-15-20-17(14-24-15)13-21-9-11-22(12-10-21)18(23)19(2,3)16-7-5-4-6-8-16/h4-8,14H,9-13H2,1-3H3. The second-order valence-corrected chi connectivity index (χ2v) is 7.98. The molecule has 1 saturated heterocycles. The summed E-state index contributed by atoms with van der Waals surface area (Å²) in [5.41, 5.74) is 1.74. The van der Waals surface area contributed by atoms with Crippen molar-refractivity contribution in [2.24, 2.45) is 0 Å². The maximum Gasteiger partial charge on any atom is 0.232 e. The van der Waals surface area contributed by atoms with E-state index in [2.05, 4.69) is 15.3 Å². The Morgan fingerprint density at radius 2 is 1.83 bits per heavy atom. The molecule has 1 aromatic carbocycles. The monoisotopic (exact) mass is 343 g/mol. The van der Waals surface area contributed by atoms with Crippen molar-refractivity contribution in [3.63, 3.8) is 0 Å². The molecule has 0 radical (unpaired) electrons. The van der Waals surface area contributed by atoms with Crippen LogP contribution < -0.4 is 0 Å². The number of aryl methyl sites for hydroxylation is 1. The van der Waals surface area contributed by atoms with Gasteiger partial charge in [-0.3, -0.25) is 9.69 Å². The second kappa shape index (κ2) is 7.03. The van der Waals surface area contributed by atoms with Crippen LogP contribution in [-0.2, 0) is 16.8 Å². The van der Waals surface area contributed by atoms with E-state index < -0.39 is 5.41 Å². The summed E-state index contributed by atoms with van der Waals surface area (Å²) in [7, 11) is 0. The van der Waals surface area contributed by atoms with Gasteiger partial charge in [-0.15, -0.1) is 11.3 Å². The summed E-state index contributed by atoms with van der Waals surface area (Å²) >= 11 is 1.70. The number of benzene rings is 1. The van der Waals surface area contributed by atoms with Gasteiger partial charge >= 0.3 is 0 Å². The molecule has 0 saturated carbocycles. The van der Waals surface area contributed by atoms with E-state index in [9.17, 15) is 4.79 Å². The first-order valence-electron chi connectivity index (χ1n) is 8.45. The summed E-state index contributed by atoms with van der Waals surface area (Å²) < 4.78 is 0. The van der Waals surface area contributed by atoms with E-state index >= 15 is 0 Å². The zero-order valence-electron chi connectivity index (χ0n) is 14.7. The lowest BCUT2D eigenvalue weighted by Gasteiger charge is -2.38. The highest BCUT2D eigenvalue weighted by Gasteiger charge is 2.35. The quantitative estimate of drug-likeness (QED) is 0.856. The highest BCUT2D eigenvalue weighted by atomic mass is 32.1. The van der Waals surface area contributed by atoms with Crippen molar-refractivity contribution < 1.29 is 4.79 Å². The summed E-state index contributed by atoms with van der Waals surface area (Å²) in [6.45, 7) is 10.4. The minimum Gasteiger partial charge on any atom is -0.339 e. The lowest BCUT2D eigenvalue weighted by molar-refractivity contribution is -0.138. The van der Waals surface area contributed by atoms with Crippen LogP contribution in [0.2, 0.25) is 0 Å². The Kier molecular flexibility index (Phi) is 5.01. The highest BCUT2D eigenvalue weighted by molar-refractivity contribution is 7.09. The molecule has 1 fully saturated rings. The molecule has 128 valence electrons. The Labute approximate surface area is 148 Å². The average Bonchev–Trinajstić information content (AvgIpc) is 3.00. The summed E-state index contributed by atoms with van der Waals surface area (Å²) in [5, 5.41) is 3.24. The van der Waals surface area contributed by atoms with Crippen LogP contribution >= 0.6 is 11.3 Å². The number of nitrogens with zero attached hydrogens (tertiary/aromatic N) is 3. The molecule has 2 aromatic rings. The fraction of sp³-hybridized carbons (Fsp3) is 0.474. The average molecular weight is 343 g/mol. The van der Waals surface area contributed by atoms with Crippen molar-refractivity contribution in [1.29, 1.82) is 0 Å². The van der Waals surface area contributed by atoms with Gasteiger partial charge in [0, 0.05) is 38.1 Å². The van der Waals surface area contributed by atoms with Gasteiger partial charge in [0.05, 0.1) is 16.1 Å². The van der Waals surface area contributed by atoms with E-state index in [1.165, 1.54) is 0 Å². The molecule has 1 aliphatic rings. The molecule has 0 bridgehead atoms. The lowest BCUT2D eigenvalue weighted by atomic mass is 9.83. The minimum absolute atomic E-state index is 0.220. The summed E-state index contributed by atoms with van der Waals surface area (Å²) in [4.78, 5) is 21.9. The fourth-order valence-corrected chi connectivity index (χ4v) is 3.80. The Hall–Kier alpha value is -1.72. The van der Waals surface area contributed by atoms with Crippen molar-refractivity contribution in [1.82, 2.24) is 14.8 Å². The third kappa shape index (κ3) is 3.68. The number of hydrogen-bond donors (Lipinski definition) is 0. The number of carbonyl (C=O) groups is 1. The van der Waals surface area contributed by atoms with Crippen LogP contribution in [0.5, 0.6) is 0 Å². The van der Waals surface area contributed by atoms with Crippen molar-refractivity contribution in [3.05, 3.63) is 52.0 Å². The highest BCUT2D eigenvalue weighted by Crippen LogP contribution is 2.26. The Morgan fingerprint density at radius 1 is 1.17 bits per heavy atom. The van der Waals surface area contributed by atoms with E-state index in [1.807, 2.05) is 56.0 Å². The van der Waals surface area contributed by atoms with Crippen molar-refractivity contribution in [2.45, 2.75) is 32.7 Å². The molecule has 1 amide bonds. The first kappa shape index (κ1) is 17.1. The summed E-state index contributed by atoms with van der Waals surface area (Å²) in [6, 6.07) is 10.1. The van der Waals surface area contributed by atoms with E-state index in [0.717, 1.165) is 49.0 Å². The van der Waals surface area contributed by atoms with Gasteiger partial charge < -0.3 is 4.90 Å². The number of aromatic nitrogens is 1. The molecule has 4 nitrogen and oxygen atoms in total. The number of carbonyl (C=O) groups excluding carboxylic acids is 1. The Bertz CT molecular complexity index is 688. The molecule has 24 heavy (non-hydrogen) atoms. The van der Waals surface area contributed by atoms with E-state index in [1.54, 1.807) is 11.3 Å². The van der Waals surface area contributed by atoms with Crippen LogP contribution in [0.4, 0.5) is 0 Å². The predicted octanol–water partition coefficient (Wildman–Crippen LogP) is 3.07. The molecule has 1 aromatic heterocycles. The largest absolute Gasteiger partial charge is 0.339 e. The lowest BCUT2D eigenvalue weighted by Crippen LogP contribution is -2.52. The molecule has 0 atom stereocenters. The molecule has 3 rings (SSSR count). The van der Waals surface area contributed by atoms with Gasteiger partial charge in [0.15, 0.2) is 0 Å². The Balaban J connectivity index is 1.59. The number of hydrogen-bond acceptors (Lipinski definition) is 4. The van der Waals surface area contributed by atoms with Crippen molar-refractivity contribution >= 4 is 17.2 Å². The number of rotatable bonds is 4. The van der Waals surface area contributed by atoms with E-state index in [-0.39, 0.29) is 5.91 Å². The van der Waals surface area contributed by atoms with Gasteiger partial charge in [-0.25, -0.2) is 4.98 Å². The van der Waals surface area contributed by atoms with Crippen LogP contribution in [0.3, 0.4) is 0 Å². The maximum atomic E-state index is 13.0. The van der Waals surface area contributed by atoms with Crippen LogP contribution in [0.15, 0.2) is 35.7 Å². The van der Waals surface area contributed by atoms with Crippen LogP contribution in [-0.4, -0.2) is 46.9 Å². The summed E-state index contributed by atoms with van der Waals surface area (Å²) in [6.07, 6.45) is 0. The predicted molar refractivity (Wildman–Crippen MR) is 98.2 cm³/mol. The molecule has 0 spiro atoms. The molecule has 2 heterocycles. The van der Waals surface area contributed by atoms with Crippen LogP contribution in [0.25, 0.3) is 0 Å². The second-order valence-electron chi connectivity index (χ2n) is 6.92. The zero-order valence-corrected chi connectivity index (χ0v) is 15.5. The topological polar surface area (TPSA) is 36.4 Å². The third-order valence-electron chi connectivity index (χ3n) is 4.74. The molecule has 0 aliphatic carbocycles. The van der Waals surface area contributed by atoms with Crippen LogP contribution in [0, 0.1) is 6.92 Å². The molecule has 5 heteroatoms. The third-order valence-corrected chi connectivity index (χ3v) is 5.56. The van der Waals surface area contributed by atoms with E-state index in [0.29, 0.717) is 0 Å². The molecule has 1 aliphatic heterocycles. The van der Waals surface area contributed by atoms with Gasteiger partial charge in [0.1, 0.15) is 0 Å². The first-order valence-corrected chi connectivity index (χ1v) is 9.33. The Morgan fingerprint density at radius 3 is 2.42 bits per heavy atom. The fourth-order valence-electron chi connectivity index (χ4n) is 3.19. The zero-order chi connectivity index (χ0) is 17.2. The normalized spacial score (nSPS) is 16.4. The molecular formula is C19H25N3OS. The van der Waals surface area contributed by atoms with Gasteiger partial charge in [-0.1, -0.05) is 30.3 Å². The van der Waals surface area contributed by atoms with Gasteiger partial charge in [0.25, 0.3) is 0 Å². The smallest absolute Gasteiger partial charge is 0.232 e. The number of piperazine rings is 1. The van der Waals surface area contributed by atoms with Gasteiger partial charge in [-0.05, 0) is 26.3 Å². The van der Waals surface area contributed by atoms with Crippen molar-refractivity contribution in [2.75, 3.05) is 26.2 Å². The van der Waals surface area contributed by atoms with Crippen molar-refractivity contribution in [3.8, 4) is 0 Å². The number of thiazole rings is 1.